The van der Waals surface area contributed by atoms with E-state index in [-0.39, 0.29) is 48.0 Å². The lowest BCUT2D eigenvalue weighted by Gasteiger charge is -2.26. The third kappa shape index (κ3) is 3.13. The number of imide groups is 1. The van der Waals surface area contributed by atoms with Crippen LogP contribution in [-0.4, -0.2) is 34.9 Å². The fourth-order valence-electron chi connectivity index (χ4n) is 4.29. The summed E-state index contributed by atoms with van der Waals surface area (Å²) in [6.45, 7) is -0.237. The number of fused-ring (bicyclic) bond motifs is 2. The first kappa shape index (κ1) is 17.5. The highest BCUT2D eigenvalue weighted by Crippen LogP contribution is 2.38. The second kappa shape index (κ2) is 7.02. The zero-order valence-electron chi connectivity index (χ0n) is 14.4. The Bertz CT molecular complexity index is 745. The topological polar surface area (TPSA) is 66.5 Å². The molecule has 3 unspecified atom stereocenters. The number of halogens is 1. The van der Waals surface area contributed by atoms with Gasteiger partial charge in [0.2, 0.25) is 17.7 Å². The van der Waals surface area contributed by atoms with Gasteiger partial charge in [-0.3, -0.25) is 19.3 Å². The van der Waals surface area contributed by atoms with Gasteiger partial charge in [-0.25, -0.2) is 4.39 Å². The number of nitrogens with one attached hydrogen (secondary N) is 1. The van der Waals surface area contributed by atoms with Crippen LogP contribution in [0.5, 0.6) is 0 Å². The lowest BCUT2D eigenvalue weighted by atomic mass is 9.81. The molecule has 0 radical (unpaired) electrons. The summed E-state index contributed by atoms with van der Waals surface area (Å²) in [5.41, 5.74) is 0.766. The summed E-state index contributed by atoms with van der Waals surface area (Å²) in [6, 6.07) is 4.31. The molecule has 3 aliphatic rings. The van der Waals surface area contributed by atoms with Crippen molar-refractivity contribution in [3.05, 3.63) is 29.6 Å². The van der Waals surface area contributed by atoms with Gasteiger partial charge in [-0.1, -0.05) is 12.8 Å². The van der Waals surface area contributed by atoms with Crippen molar-refractivity contribution in [3.63, 3.8) is 0 Å². The van der Waals surface area contributed by atoms with E-state index in [4.69, 9.17) is 0 Å². The normalized spacial score (nSPS) is 27.9. The molecule has 0 aromatic heterocycles. The van der Waals surface area contributed by atoms with Crippen LogP contribution in [0.25, 0.3) is 0 Å². The van der Waals surface area contributed by atoms with E-state index in [0.717, 1.165) is 46.8 Å². The van der Waals surface area contributed by atoms with Gasteiger partial charge in [-0.15, -0.1) is 11.8 Å². The summed E-state index contributed by atoms with van der Waals surface area (Å²) in [7, 11) is 0. The largest absolute Gasteiger partial charge is 0.348 e. The van der Waals surface area contributed by atoms with Gasteiger partial charge in [0.15, 0.2) is 0 Å². The Kier molecular flexibility index (Phi) is 4.73. The van der Waals surface area contributed by atoms with Crippen LogP contribution in [0.1, 0.15) is 43.7 Å². The number of hydrogen-bond donors (Lipinski definition) is 1. The molecular formula is C19H21FN2O3S. The third-order valence-corrected chi connectivity index (χ3v) is 6.70. The van der Waals surface area contributed by atoms with Crippen molar-refractivity contribution in [2.45, 2.75) is 43.0 Å². The highest BCUT2D eigenvalue weighted by atomic mass is 32.2. The average Bonchev–Trinajstić information content (AvgIpc) is 2.87. The van der Waals surface area contributed by atoms with E-state index in [1.165, 1.54) is 12.1 Å². The number of likely N-dealkylation sites (tertiary alicyclic amines) is 1. The highest BCUT2D eigenvalue weighted by Gasteiger charge is 2.48. The minimum absolute atomic E-state index is 0.208. The van der Waals surface area contributed by atoms with Crippen LogP contribution in [0.3, 0.4) is 0 Å². The fraction of sp³-hybridized carbons (Fsp3) is 0.526. The van der Waals surface area contributed by atoms with E-state index in [9.17, 15) is 18.8 Å². The molecule has 3 amide bonds. The molecule has 7 heteroatoms. The van der Waals surface area contributed by atoms with Crippen LogP contribution in [0.15, 0.2) is 23.1 Å². The second-order valence-corrected chi connectivity index (χ2v) is 8.34. The maximum absolute atomic E-state index is 13.6. The number of hydrogen-bond acceptors (Lipinski definition) is 4. The van der Waals surface area contributed by atoms with Crippen LogP contribution in [0.4, 0.5) is 4.39 Å². The summed E-state index contributed by atoms with van der Waals surface area (Å²) in [4.78, 5) is 39.6. The molecule has 4 rings (SSSR count). The maximum atomic E-state index is 13.6. The molecule has 138 valence electrons. The Hall–Kier alpha value is -1.89. The highest BCUT2D eigenvalue weighted by molar-refractivity contribution is 7.99. The molecule has 3 atom stereocenters. The molecule has 1 aromatic rings. The number of rotatable bonds is 3. The SMILES string of the molecule is O=C(CN1C(=O)C2CCCCC2C1=O)NC1CCSc2ccc(F)cc21. The van der Waals surface area contributed by atoms with Gasteiger partial charge in [-0.05, 0) is 43.0 Å². The first-order valence-corrected chi connectivity index (χ1v) is 10.1. The summed E-state index contributed by atoms with van der Waals surface area (Å²) < 4.78 is 13.6. The Labute approximate surface area is 155 Å². The molecule has 1 aliphatic carbocycles. The monoisotopic (exact) mass is 376 g/mol. The number of carbonyl (C=O) groups is 3. The van der Waals surface area contributed by atoms with E-state index in [1.54, 1.807) is 17.8 Å². The van der Waals surface area contributed by atoms with Gasteiger partial charge >= 0.3 is 0 Å². The standard InChI is InChI=1S/C19H21FN2O3S/c20-11-5-6-16-14(9-11)15(7-8-26-16)21-17(23)10-22-18(24)12-3-1-2-4-13(12)19(22)25/h5-6,9,12-13,15H,1-4,7-8,10H2,(H,21,23). The Balaban J connectivity index is 1.44. The summed E-state index contributed by atoms with van der Waals surface area (Å²) in [5.74, 6) is -0.775. The first-order chi connectivity index (χ1) is 12.5. The molecule has 1 saturated carbocycles. The van der Waals surface area contributed by atoms with E-state index in [1.807, 2.05) is 0 Å². The van der Waals surface area contributed by atoms with E-state index in [0.29, 0.717) is 6.42 Å². The number of amides is 3. The Morgan fingerprint density at radius 2 is 1.85 bits per heavy atom. The second-order valence-electron chi connectivity index (χ2n) is 7.20. The summed E-state index contributed by atoms with van der Waals surface area (Å²) in [6.07, 6.45) is 4.09. The smallest absolute Gasteiger partial charge is 0.240 e. The van der Waals surface area contributed by atoms with Crippen molar-refractivity contribution in [2.75, 3.05) is 12.3 Å². The van der Waals surface area contributed by atoms with Crippen molar-refractivity contribution in [1.29, 1.82) is 0 Å². The average molecular weight is 376 g/mol. The van der Waals surface area contributed by atoms with E-state index < -0.39 is 0 Å². The molecule has 2 fully saturated rings. The van der Waals surface area contributed by atoms with E-state index >= 15 is 0 Å². The van der Waals surface area contributed by atoms with Crippen molar-refractivity contribution in [1.82, 2.24) is 10.2 Å². The van der Waals surface area contributed by atoms with Gasteiger partial charge in [0.1, 0.15) is 12.4 Å². The van der Waals surface area contributed by atoms with Gasteiger partial charge in [-0.2, -0.15) is 0 Å². The van der Waals surface area contributed by atoms with Gasteiger partial charge < -0.3 is 5.32 Å². The zero-order valence-corrected chi connectivity index (χ0v) is 15.2. The summed E-state index contributed by atoms with van der Waals surface area (Å²) in [5, 5.41) is 2.89. The lowest BCUT2D eigenvalue weighted by Crippen LogP contribution is -2.42. The third-order valence-electron chi connectivity index (χ3n) is 5.58. The maximum Gasteiger partial charge on any atom is 0.240 e. The van der Waals surface area contributed by atoms with E-state index in [2.05, 4.69) is 5.32 Å². The number of benzene rings is 1. The minimum atomic E-state index is -0.363. The molecule has 1 saturated heterocycles. The summed E-state index contributed by atoms with van der Waals surface area (Å²) >= 11 is 1.64. The van der Waals surface area contributed by atoms with Crippen molar-refractivity contribution in [3.8, 4) is 0 Å². The van der Waals surface area contributed by atoms with Crippen LogP contribution in [0, 0.1) is 17.7 Å². The molecule has 26 heavy (non-hydrogen) atoms. The minimum Gasteiger partial charge on any atom is -0.348 e. The molecule has 0 spiro atoms. The quantitative estimate of drug-likeness (QED) is 0.824. The molecule has 1 N–H and O–H groups in total. The molecule has 0 bridgehead atoms. The van der Waals surface area contributed by atoms with Crippen LogP contribution < -0.4 is 5.32 Å². The van der Waals surface area contributed by atoms with Gasteiger partial charge in [0.05, 0.1) is 17.9 Å². The Morgan fingerprint density at radius 1 is 1.15 bits per heavy atom. The van der Waals surface area contributed by atoms with Crippen molar-refractivity contribution >= 4 is 29.5 Å². The van der Waals surface area contributed by atoms with Gasteiger partial charge in [0.25, 0.3) is 0 Å². The predicted octanol–water partition coefficient (Wildman–Crippen LogP) is 2.65. The van der Waals surface area contributed by atoms with Crippen LogP contribution in [0.2, 0.25) is 0 Å². The Morgan fingerprint density at radius 3 is 2.54 bits per heavy atom. The molecule has 2 aliphatic heterocycles. The zero-order chi connectivity index (χ0) is 18.3. The number of thioether (sulfide) groups is 1. The number of carbonyl (C=O) groups excluding carboxylic acids is 3. The lowest BCUT2D eigenvalue weighted by molar-refractivity contribution is -0.143. The van der Waals surface area contributed by atoms with Crippen LogP contribution in [-0.2, 0) is 14.4 Å². The molecular weight excluding hydrogens is 355 g/mol. The predicted molar refractivity (Wildman–Crippen MR) is 94.8 cm³/mol. The fourth-order valence-corrected chi connectivity index (χ4v) is 5.39. The van der Waals surface area contributed by atoms with Crippen molar-refractivity contribution < 1.29 is 18.8 Å². The number of nitrogens with zero attached hydrogens (tertiary/aromatic N) is 1. The molecule has 5 nitrogen and oxygen atoms in total. The first-order valence-electron chi connectivity index (χ1n) is 9.11. The van der Waals surface area contributed by atoms with Crippen molar-refractivity contribution in [2.24, 2.45) is 11.8 Å². The van der Waals surface area contributed by atoms with Gasteiger partial charge in [0, 0.05) is 10.6 Å². The molecule has 1 aromatic carbocycles. The van der Waals surface area contributed by atoms with Crippen LogP contribution >= 0.6 is 11.8 Å². The molecule has 2 heterocycles.